The average molecular weight is 376 g/mol. The summed E-state index contributed by atoms with van der Waals surface area (Å²) in [5.74, 6) is -0.00123. The molecule has 4 rings (SSSR count). The van der Waals surface area contributed by atoms with Crippen LogP contribution in [0.15, 0.2) is 48.9 Å². The van der Waals surface area contributed by atoms with E-state index in [0.717, 1.165) is 10.9 Å². The van der Waals surface area contributed by atoms with Crippen molar-refractivity contribution in [2.24, 2.45) is 7.05 Å². The van der Waals surface area contributed by atoms with Crippen LogP contribution in [-0.4, -0.2) is 42.9 Å². The Kier molecular flexibility index (Phi) is 4.32. The molecule has 2 N–H and O–H groups in total. The predicted octanol–water partition coefficient (Wildman–Crippen LogP) is 2.88. The minimum atomic E-state index is -1.10. The molecule has 9 heteroatoms. The summed E-state index contributed by atoms with van der Waals surface area (Å²) in [5.41, 5.74) is 1.94. The van der Waals surface area contributed by atoms with Crippen molar-refractivity contribution < 1.29 is 14.6 Å². The molecule has 28 heavy (non-hydrogen) atoms. The lowest BCUT2D eigenvalue weighted by atomic mass is 10.2. The maximum absolute atomic E-state index is 11.4. The number of aromatic nitrogens is 5. The first-order valence-electron chi connectivity index (χ1n) is 8.36. The van der Waals surface area contributed by atoms with Crippen molar-refractivity contribution in [2.45, 2.75) is 0 Å². The number of methoxy groups -OCH3 is 1. The molecule has 3 heterocycles. The standard InChI is InChI=1S/C19H16N6O3/c1-25-14-6-4-3-5-11(14)16(24-25)18-21-10-15(28-2)17(23-18)22-13-7-8-20-9-12(13)19(26)27/h3-10H,1-2H3,(H,26,27)(H,20,21,22,23). The smallest absolute Gasteiger partial charge is 0.339 e. The molecule has 1 aromatic carbocycles. The van der Waals surface area contributed by atoms with Crippen LogP contribution in [0.5, 0.6) is 5.75 Å². The summed E-state index contributed by atoms with van der Waals surface area (Å²) in [6, 6.07) is 9.33. The van der Waals surface area contributed by atoms with E-state index < -0.39 is 5.97 Å². The normalized spacial score (nSPS) is 10.8. The molecule has 0 aliphatic heterocycles. The van der Waals surface area contributed by atoms with Crippen molar-refractivity contribution >= 4 is 28.4 Å². The molecule has 0 bridgehead atoms. The fourth-order valence-corrected chi connectivity index (χ4v) is 2.90. The number of nitrogens with zero attached hydrogens (tertiary/aromatic N) is 5. The molecule has 0 aliphatic rings. The summed E-state index contributed by atoms with van der Waals surface area (Å²) in [4.78, 5) is 24.2. The van der Waals surface area contributed by atoms with Crippen molar-refractivity contribution in [1.82, 2.24) is 24.7 Å². The lowest BCUT2D eigenvalue weighted by molar-refractivity contribution is 0.0697. The van der Waals surface area contributed by atoms with E-state index in [2.05, 4.69) is 25.4 Å². The molecule has 0 saturated carbocycles. The van der Waals surface area contributed by atoms with Crippen LogP contribution < -0.4 is 10.1 Å². The van der Waals surface area contributed by atoms with E-state index >= 15 is 0 Å². The number of hydrogen-bond donors (Lipinski definition) is 2. The van der Waals surface area contributed by atoms with Crippen LogP contribution in [0.4, 0.5) is 11.5 Å². The van der Waals surface area contributed by atoms with Crippen LogP contribution in [-0.2, 0) is 7.05 Å². The van der Waals surface area contributed by atoms with E-state index in [1.807, 2.05) is 31.3 Å². The summed E-state index contributed by atoms with van der Waals surface area (Å²) >= 11 is 0. The SMILES string of the molecule is COc1cnc(-c2nn(C)c3ccccc23)nc1Nc1ccncc1C(=O)O. The maximum atomic E-state index is 11.4. The summed E-state index contributed by atoms with van der Waals surface area (Å²) in [6.07, 6.45) is 4.29. The fraction of sp³-hybridized carbons (Fsp3) is 0.105. The summed E-state index contributed by atoms with van der Waals surface area (Å²) in [5, 5.41) is 17.8. The van der Waals surface area contributed by atoms with E-state index in [1.54, 1.807) is 10.7 Å². The highest BCUT2D eigenvalue weighted by Gasteiger charge is 2.17. The van der Waals surface area contributed by atoms with Gasteiger partial charge in [-0.05, 0) is 12.1 Å². The Hall–Kier alpha value is -4.01. The third kappa shape index (κ3) is 2.98. The molecule has 3 aromatic heterocycles. The quantitative estimate of drug-likeness (QED) is 0.546. The first-order valence-corrected chi connectivity index (χ1v) is 8.36. The van der Waals surface area contributed by atoms with Gasteiger partial charge in [-0.2, -0.15) is 5.10 Å². The zero-order chi connectivity index (χ0) is 19.7. The second-order valence-corrected chi connectivity index (χ2v) is 5.95. The number of benzene rings is 1. The number of carboxylic acids is 1. The van der Waals surface area contributed by atoms with Crippen molar-refractivity contribution in [2.75, 3.05) is 12.4 Å². The van der Waals surface area contributed by atoms with Gasteiger partial charge in [-0.15, -0.1) is 0 Å². The van der Waals surface area contributed by atoms with E-state index in [1.165, 1.54) is 25.7 Å². The third-order valence-corrected chi connectivity index (χ3v) is 4.25. The van der Waals surface area contributed by atoms with E-state index in [0.29, 0.717) is 28.8 Å². The number of anilines is 2. The van der Waals surface area contributed by atoms with E-state index in [-0.39, 0.29) is 5.56 Å². The molecule has 0 fully saturated rings. The highest BCUT2D eigenvalue weighted by Crippen LogP contribution is 2.31. The molecule has 0 saturated heterocycles. The van der Waals surface area contributed by atoms with Gasteiger partial charge in [0.25, 0.3) is 0 Å². The Morgan fingerprint density at radius 3 is 2.82 bits per heavy atom. The van der Waals surface area contributed by atoms with Gasteiger partial charge in [0.1, 0.15) is 11.3 Å². The third-order valence-electron chi connectivity index (χ3n) is 4.25. The van der Waals surface area contributed by atoms with Crippen LogP contribution in [0.1, 0.15) is 10.4 Å². The molecule has 0 radical (unpaired) electrons. The van der Waals surface area contributed by atoms with Gasteiger partial charge in [-0.25, -0.2) is 14.8 Å². The number of pyridine rings is 1. The fourth-order valence-electron chi connectivity index (χ4n) is 2.90. The Labute approximate surface area is 159 Å². The predicted molar refractivity (Wildman–Crippen MR) is 103 cm³/mol. The number of aryl methyl sites for hydroxylation is 1. The minimum Gasteiger partial charge on any atom is -0.491 e. The summed E-state index contributed by atoms with van der Waals surface area (Å²) < 4.78 is 7.09. The second kappa shape index (κ2) is 6.95. The number of carboxylic acid groups (broad SMARTS) is 1. The first kappa shape index (κ1) is 17.4. The Bertz CT molecular complexity index is 1190. The number of para-hydroxylation sites is 1. The lowest BCUT2D eigenvalue weighted by Crippen LogP contribution is -2.06. The topological polar surface area (TPSA) is 115 Å². The zero-order valence-corrected chi connectivity index (χ0v) is 15.1. The van der Waals surface area contributed by atoms with Crippen LogP contribution >= 0.6 is 0 Å². The zero-order valence-electron chi connectivity index (χ0n) is 15.1. The van der Waals surface area contributed by atoms with Gasteiger partial charge >= 0.3 is 5.97 Å². The molecule has 140 valence electrons. The Morgan fingerprint density at radius 1 is 1.21 bits per heavy atom. The number of ether oxygens (including phenoxy) is 1. The first-order chi connectivity index (χ1) is 13.6. The highest BCUT2D eigenvalue weighted by atomic mass is 16.5. The maximum Gasteiger partial charge on any atom is 0.339 e. The van der Waals surface area contributed by atoms with Crippen LogP contribution in [0.2, 0.25) is 0 Å². The van der Waals surface area contributed by atoms with E-state index in [9.17, 15) is 9.90 Å². The molecule has 0 amide bonds. The molecule has 0 aliphatic carbocycles. The van der Waals surface area contributed by atoms with Gasteiger partial charge in [0.05, 0.1) is 24.5 Å². The monoisotopic (exact) mass is 376 g/mol. The molecule has 9 nitrogen and oxygen atoms in total. The van der Waals surface area contributed by atoms with Crippen molar-refractivity contribution in [3.05, 3.63) is 54.5 Å². The van der Waals surface area contributed by atoms with Crippen molar-refractivity contribution in [3.63, 3.8) is 0 Å². The molecular weight excluding hydrogens is 360 g/mol. The number of rotatable bonds is 5. The average Bonchev–Trinajstić information content (AvgIpc) is 3.05. The van der Waals surface area contributed by atoms with Crippen LogP contribution in [0.25, 0.3) is 22.4 Å². The number of fused-ring (bicyclic) bond motifs is 1. The van der Waals surface area contributed by atoms with Crippen molar-refractivity contribution in [1.29, 1.82) is 0 Å². The number of aromatic carboxylic acids is 1. The number of hydrogen-bond acceptors (Lipinski definition) is 7. The molecule has 4 aromatic rings. The molecule has 0 spiro atoms. The summed E-state index contributed by atoms with van der Waals surface area (Å²) in [6.45, 7) is 0. The van der Waals surface area contributed by atoms with Gasteiger partial charge in [0.2, 0.25) is 0 Å². The van der Waals surface area contributed by atoms with Gasteiger partial charge in [0.15, 0.2) is 17.4 Å². The molecule has 0 atom stereocenters. The number of carbonyl (C=O) groups is 1. The van der Waals surface area contributed by atoms with Crippen molar-refractivity contribution in [3.8, 4) is 17.3 Å². The molecule has 0 unspecified atom stereocenters. The van der Waals surface area contributed by atoms with Crippen LogP contribution in [0.3, 0.4) is 0 Å². The Morgan fingerprint density at radius 2 is 2.04 bits per heavy atom. The number of nitrogens with one attached hydrogen (secondary N) is 1. The highest BCUT2D eigenvalue weighted by molar-refractivity contribution is 5.95. The van der Waals surface area contributed by atoms with Crippen LogP contribution in [0, 0.1) is 0 Å². The van der Waals surface area contributed by atoms with Gasteiger partial charge in [-0.3, -0.25) is 9.67 Å². The van der Waals surface area contributed by atoms with E-state index in [4.69, 9.17) is 4.74 Å². The Balaban J connectivity index is 1.82. The van der Waals surface area contributed by atoms with Gasteiger partial charge in [0, 0.05) is 24.8 Å². The largest absolute Gasteiger partial charge is 0.491 e. The summed E-state index contributed by atoms with van der Waals surface area (Å²) in [7, 11) is 3.34. The molecular formula is C19H16N6O3. The van der Waals surface area contributed by atoms with Gasteiger partial charge < -0.3 is 15.2 Å². The second-order valence-electron chi connectivity index (χ2n) is 5.95. The lowest BCUT2D eigenvalue weighted by Gasteiger charge is -2.12. The minimum absolute atomic E-state index is 0.0213. The van der Waals surface area contributed by atoms with Gasteiger partial charge in [-0.1, -0.05) is 18.2 Å².